The molecular formula is C11H10BNO. The van der Waals surface area contributed by atoms with E-state index in [1.165, 1.54) is 0 Å². The molecule has 0 aliphatic rings. The molecule has 1 aromatic carbocycles. The van der Waals surface area contributed by atoms with Gasteiger partial charge in [0.15, 0.2) is 0 Å². The second-order valence-electron chi connectivity index (χ2n) is 3.42. The summed E-state index contributed by atoms with van der Waals surface area (Å²) in [5.74, 6) is -0.160. The van der Waals surface area contributed by atoms with Gasteiger partial charge in [0.2, 0.25) is 7.98 Å². The topological polar surface area (TPSA) is 22.0 Å². The molecule has 1 heterocycles. The summed E-state index contributed by atoms with van der Waals surface area (Å²) in [7, 11) is 5.87. The Balaban J connectivity index is 2.68. The van der Waals surface area contributed by atoms with E-state index < -0.39 is 0 Å². The third-order valence-electron chi connectivity index (χ3n) is 2.45. The standard InChI is InChI=1S/C11H10BNO/c1-8(7-14)11-6-9-4-2-3-5-10(9)13(11)12/h2-8H,1H3. The lowest BCUT2D eigenvalue weighted by molar-refractivity contribution is -0.108. The molecular weight excluding hydrogens is 173 g/mol. The van der Waals surface area contributed by atoms with E-state index in [0.717, 1.165) is 22.9 Å². The number of hydrogen-bond donors (Lipinski definition) is 0. The third-order valence-corrected chi connectivity index (χ3v) is 2.45. The zero-order valence-corrected chi connectivity index (χ0v) is 7.97. The maximum Gasteiger partial charge on any atom is 0.234 e. The van der Waals surface area contributed by atoms with Crippen LogP contribution in [0.3, 0.4) is 0 Å². The van der Waals surface area contributed by atoms with Crippen LogP contribution in [0.4, 0.5) is 0 Å². The Morgan fingerprint density at radius 2 is 2.14 bits per heavy atom. The van der Waals surface area contributed by atoms with E-state index in [1.807, 2.05) is 37.3 Å². The first-order valence-electron chi connectivity index (χ1n) is 4.55. The molecule has 1 unspecified atom stereocenters. The molecule has 0 aliphatic heterocycles. The summed E-state index contributed by atoms with van der Waals surface area (Å²) < 4.78 is 1.58. The number of rotatable bonds is 2. The largest absolute Gasteiger partial charge is 0.400 e. The fraction of sp³-hybridized carbons (Fsp3) is 0.182. The number of aldehydes is 1. The molecule has 2 radical (unpaired) electrons. The van der Waals surface area contributed by atoms with Gasteiger partial charge in [-0.3, -0.25) is 0 Å². The third kappa shape index (κ3) is 1.25. The lowest BCUT2D eigenvalue weighted by atomic mass is 10.1. The molecule has 0 amide bonds. The predicted octanol–water partition coefficient (Wildman–Crippen LogP) is 1.88. The monoisotopic (exact) mass is 183 g/mol. The molecule has 1 atom stereocenters. The molecule has 0 spiro atoms. The van der Waals surface area contributed by atoms with Gasteiger partial charge in [0.1, 0.15) is 6.29 Å². The van der Waals surface area contributed by atoms with Crippen LogP contribution in [0.5, 0.6) is 0 Å². The summed E-state index contributed by atoms with van der Waals surface area (Å²) in [4.78, 5) is 10.7. The summed E-state index contributed by atoms with van der Waals surface area (Å²) in [5.41, 5.74) is 1.80. The van der Waals surface area contributed by atoms with Crippen LogP contribution in [0.15, 0.2) is 30.3 Å². The van der Waals surface area contributed by atoms with Crippen molar-refractivity contribution < 1.29 is 4.79 Å². The Bertz CT molecular complexity index is 475. The lowest BCUT2D eigenvalue weighted by Crippen LogP contribution is -2.03. The van der Waals surface area contributed by atoms with Gasteiger partial charge >= 0.3 is 0 Å². The minimum Gasteiger partial charge on any atom is -0.400 e. The van der Waals surface area contributed by atoms with E-state index >= 15 is 0 Å². The zero-order chi connectivity index (χ0) is 10.1. The van der Waals surface area contributed by atoms with Gasteiger partial charge in [0.05, 0.1) is 5.92 Å². The number of hydrogen-bond acceptors (Lipinski definition) is 1. The lowest BCUT2D eigenvalue weighted by Gasteiger charge is -2.06. The highest BCUT2D eigenvalue weighted by atomic mass is 16.1. The van der Waals surface area contributed by atoms with Crippen LogP contribution < -0.4 is 0 Å². The number of aromatic nitrogens is 1. The fourth-order valence-electron chi connectivity index (χ4n) is 1.62. The molecule has 2 nitrogen and oxygen atoms in total. The Morgan fingerprint density at radius 1 is 1.43 bits per heavy atom. The maximum absolute atomic E-state index is 10.7. The smallest absolute Gasteiger partial charge is 0.234 e. The first-order valence-corrected chi connectivity index (χ1v) is 4.55. The second-order valence-corrected chi connectivity index (χ2v) is 3.42. The molecule has 0 N–H and O–H groups in total. The van der Waals surface area contributed by atoms with Crippen molar-refractivity contribution in [2.75, 3.05) is 0 Å². The summed E-state index contributed by atoms with van der Waals surface area (Å²) >= 11 is 0. The van der Waals surface area contributed by atoms with Crippen molar-refractivity contribution in [1.29, 1.82) is 0 Å². The van der Waals surface area contributed by atoms with Gasteiger partial charge in [-0.25, -0.2) is 0 Å². The van der Waals surface area contributed by atoms with Crippen molar-refractivity contribution in [1.82, 2.24) is 4.48 Å². The van der Waals surface area contributed by atoms with Crippen LogP contribution in [-0.2, 0) is 4.79 Å². The fourth-order valence-corrected chi connectivity index (χ4v) is 1.62. The van der Waals surface area contributed by atoms with Crippen LogP contribution in [0.25, 0.3) is 10.9 Å². The van der Waals surface area contributed by atoms with Crippen molar-refractivity contribution in [3.63, 3.8) is 0 Å². The minimum atomic E-state index is -0.160. The van der Waals surface area contributed by atoms with Crippen LogP contribution in [0.2, 0.25) is 0 Å². The van der Waals surface area contributed by atoms with Crippen LogP contribution in [0, 0.1) is 0 Å². The Hall–Kier alpha value is -1.51. The van der Waals surface area contributed by atoms with Gasteiger partial charge in [-0.15, -0.1) is 0 Å². The average molecular weight is 183 g/mol. The molecule has 3 heteroatoms. The Kier molecular flexibility index (Phi) is 2.16. The number of carbonyl (C=O) groups is 1. The molecule has 0 aliphatic carbocycles. The molecule has 2 rings (SSSR count). The minimum absolute atomic E-state index is 0.160. The van der Waals surface area contributed by atoms with Crippen molar-refractivity contribution in [2.45, 2.75) is 12.8 Å². The summed E-state index contributed by atoms with van der Waals surface area (Å²) in [6, 6.07) is 9.77. The molecule has 68 valence electrons. The predicted molar refractivity (Wildman–Crippen MR) is 57.6 cm³/mol. The van der Waals surface area contributed by atoms with E-state index in [0.29, 0.717) is 0 Å². The highest BCUT2D eigenvalue weighted by Gasteiger charge is 2.10. The van der Waals surface area contributed by atoms with Crippen molar-refractivity contribution in [2.24, 2.45) is 0 Å². The first kappa shape index (κ1) is 9.07. The van der Waals surface area contributed by atoms with E-state index in [2.05, 4.69) is 0 Å². The van der Waals surface area contributed by atoms with E-state index in [4.69, 9.17) is 7.98 Å². The van der Waals surface area contributed by atoms with Gasteiger partial charge in [-0.05, 0) is 17.5 Å². The SMILES string of the molecule is [B]n1c(C(C)C=O)cc2ccccc21. The molecule has 1 aromatic heterocycles. The summed E-state index contributed by atoms with van der Waals surface area (Å²) in [6.45, 7) is 1.84. The number of para-hydroxylation sites is 1. The van der Waals surface area contributed by atoms with Gasteiger partial charge in [-0.2, -0.15) is 0 Å². The van der Waals surface area contributed by atoms with E-state index in [1.54, 1.807) is 4.48 Å². The molecule has 14 heavy (non-hydrogen) atoms. The van der Waals surface area contributed by atoms with Crippen LogP contribution in [0.1, 0.15) is 18.5 Å². The highest BCUT2D eigenvalue weighted by molar-refractivity contribution is 6.12. The number of fused-ring (bicyclic) bond motifs is 1. The molecule has 0 fully saturated rings. The van der Waals surface area contributed by atoms with E-state index in [-0.39, 0.29) is 5.92 Å². The average Bonchev–Trinajstić information content (AvgIpc) is 2.56. The van der Waals surface area contributed by atoms with Gasteiger partial charge in [-0.1, -0.05) is 25.1 Å². The molecule has 0 saturated heterocycles. The summed E-state index contributed by atoms with van der Waals surface area (Å²) in [5, 5.41) is 1.07. The van der Waals surface area contributed by atoms with E-state index in [9.17, 15) is 4.79 Å². The van der Waals surface area contributed by atoms with Crippen molar-refractivity contribution in [3.8, 4) is 0 Å². The number of carbonyl (C=O) groups excluding carboxylic acids is 1. The Labute approximate surface area is 84.0 Å². The summed E-state index contributed by atoms with van der Waals surface area (Å²) in [6.07, 6.45) is 0.900. The van der Waals surface area contributed by atoms with Gasteiger partial charge in [0.25, 0.3) is 0 Å². The molecule has 2 aromatic rings. The second kappa shape index (κ2) is 3.33. The highest BCUT2D eigenvalue weighted by Crippen LogP contribution is 2.22. The first-order chi connectivity index (χ1) is 6.74. The molecule has 0 bridgehead atoms. The van der Waals surface area contributed by atoms with Gasteiger partial charge in [0, 0.05) is 11.2 Å². The normalized spacial score (nSPS) is 12.9. The van der Waals surface area contributed by atoms with Crippen LogP contribution >= 0.6 is 0 Å². The quantitative estimate of drug-likeness (QED) is 0.514. The zero-order valence-electron chi connectivity index (χ0n) is 7.97. The number of nitrogens with zero attached hydrogens (tertiary/aromatic N) is 1. The van der Waals surface area contributed by atoms with Crippen molar-refractivity contribution >= 4 is 25.2 Å². The molecule has 0 saturated carbocycles. The van der Waals surface area contributed by atoms with Crippen molar-refractivity contribution in [3.05, 3.63) is 36.0 Å². The number of benzene rings is 1. The van der Waals surface area contributed by atoms with Crippen LogP contribution in [-0.4, -0.2) is 18.7 Å². The van der Waals surface area contributed by atoms with Gasteiger partial charge < -0.3 is 9.27 Å². The Morgan fingerprint density at radius 3 is 2.79 bits per heavy atom. The maximum atomic E-state index is 10.7.